The second-order valence-corrected chi connectivity index (χ2v) is 9.10. The first-order valence-corrected chi connectivity index (χ1v) is 11.9. The second-order valence-electron chi connectivity index (χ2n) is 8.22. The maximum Gasteiger partial charge on any atom is 0.291 e. The van der Waals surface area contributed by atoms with E-state index >= 15 is 0 Å². The molecule has 5 rings (SSSR count). The zero-order valence-corrected chi connectivity index (χ0v) is 20.1. The monoisotopic (exact) mass is 505 g/mol. The highest BCUT2D eigenvalue weighted by Gasteiger charge is 2.35. The highest BCUT2D eigenvalue weighted by atomic mass is 35.5. The van der Waals surface area contributed by atoms with E-state index < -0.39 is 0 Å². The molecule has 176 valence electrons. The number of piperazine rings is 1. The van der Waals surface area contributed by atoms with Gasteiger partial charge in [0.25, 0.3) is 11.8 Å². The van der Waals surface area contributed by atoms with Crippen LogP contribution in [-0.4, -0.2) is 46.2 Å². The van der Waals surface area contributed by atoms with Crippen molar-refractivity contribution in [2.75, 3.05) is 19.6 Å². The summed E-state index contributed by atoms with van der Waals surface area (Å²) in [5.74, 6) is 0.137. The number of rotatable bonds is 4. The first kappa shape index (κ1) is 23.1. The lowest BCUT2D eigenvalue weighted by Gasteiger charge is -2.41. The number of aromatic nitrogens is 1. The predicted octanol–water partition coefficient (Wildman–Crippen LogP) is 5.99. The summed E-state index contributed by atoms with van der Waals surface area (Å²) in [4.78, 5) is 34.5. The molecular weight excluding hydrogens is 485 g/mol. The molecule has 1 aliphatic heterocycles. The summed E-state index contributed by atoms with van der Waals surface area (Å²) in [6.45, 7) is 1.00. The van der Waals surface area contributed by atoms with E-state index in [1.165, 1.54) is 6.20 Å². The Labute approximate surface area is 212 Å². The molecule has 0 bridgehead atoms. The number of carbonyl (C=O) groups is 2. The van der Waals surface area contributed by atoms with Crippen molar-refractivity contribution in [2.45, 2.75) is 6.04 Å². The molecule has 0 spiro atoms. The first-order chi connectivity index (χ1) is 17.0. The van der Waals surface area contributed by atoms with Crippen LogP contribution < -0.4 is 0 Å². The van der Waals surface area contributed by atoms with Gasteiger partial charge in [0.2, 0.25) is 11.7 Å². The van der Waals surface area contributed by atoms with Gasteiger partial charge in [0.1, 0.15) is 0 Å². The van der Waals surface area contributed by atoms with Crippen molar-refractivity contribution >= 4 is 35.0 Å². The smallest absolute Gasteiger partial charge is 0.291 e. The molecule has 3 aromatic carbocycles. The molecule has 4 aromatic rings. The summed E-state index contributed by atoms with van der Waals surface area (Å²) in [5.41, 5.74) is 2.17. The Kier molecular flexibility index (Phi) is 6.57. The number of oxazole rings is 1. The van der Waals surface area contributed by atoms with E-state index in [1.54, 1.807) is 40.1 Å². The van der Waals surface area contributed by atoms with Gasteiger partial charge in [-0.3, -0.25) is 9.59 Å². The van der Waals surface area contributed by atoms with Crippen molar-refractivity contribution in [3.05, 3.63) is 112 Å². The molecule has 6 nitrogen and oxygen atoms in total. The van der Waals surface area contributed by atoms with Crippen LogP contribution >= 0.6 is 23.2 Å². The number of hydrogen-bond donors (Lipinski definition) is 0. The molecule has 0 aliphatic carbocycles. The lowest BCUT2D eigenvalue weighted by Crippen LogP contribution is -2.52. The second kappa shape index (κ2) is 9.94. The molecule has 1 fully saturated rings. The van der Waals surface area contributed by atoms with Crippen LogP contribution in [0.2, 0.25) is 10.0 Å². The molecule has 1 atom stereocenters. The highest BCUT2D eigenvalue weighted by Crippen LogP contribution is 2.30. The quantitative estimate of drug-likeness (QED) is 0.341. The minimum Gasteiger partial charge on any atom is -0.431 e. The van der Waals surface area contributed by atoms with Crippen LogP contribution in [0.4, 0.5) is 0 Å². The van der Waals surface area contributed by atoms with Gasteiger partial charge in [-0.1, -0.05) is 53.5 Å². The molecule has 35 heavy (non-hydrogen) atoms. The summed E-state index contributed by atoms with van der Waals surface area (Å²) in [6, 6.07) is 23.2. The highest BCUT2D eigenvalue weighted by molar-refractivity contribution is 6.31. The van der Waals surface area contributed by atoms with Gasteiger partial charge in [-0.25, -0.2) is 4.98 Å². The Hall–Kier alpha value is -3.61. The maximum absolute atomic E-state index is 13.4. The van der Waals surface area contributed by atoms with Gasteiger partial charge in [-0.05, 0) is 54.1 Å². The molecule has 1 aromatic heterocycles. The SMILES string of the molecule is O=C(c1cnc(-c2ccccc2)o1)N1CCN(C(=O)c2ccc(Cl)cc2)C(c2cccc(Cl)c2)C1. The largest absolute Gasteiger partial charge is 0.431 e. The van der Waals surface area contributed by atoms with Crippen LogP contribution in [0, 0.1) is 0 Å². The molecule has 0 saturated carbocycles. The van der Waals surface area contributed by atoms with Crippen molar-refractivity contribution in [3.63, 3.8) is 0 Å². The van der Waals surface area contributed by atoms with E-state index in [9.17, 15) is 9.59 Å². The minimum absolute atomic E-state index is 0.134. The molecule has 2 amide bonds. The summed E-state index contributed by atoms with van der Waals surface area (Å²) in [6.07, 6.45) is 1.45. The van der Waals surface area contributed by atoms with E-state index in [0.29, 0.717) is 41.1 Å². The summed E-state index contributed by atoms with van der Waals surface area (Å²) < 4.78 is 5.78. The van der Waals surface area contributed by atoms with E-state index in [4.69, 9.17) is 27.6 Å². The first-order valence-electron chi connectivity index (χ1n) is 11.1. The molecule has 0 N–H and O–H groups in total. The summed E-state index contributed by atoms with van der Waals surface area (Å²) in [5, 5.41) is 1.12. The Bertz CT molecular complexity index is 1360. The third kappa shape index (κ3) is 4.94. The molecule has 8 heteroatoms. The molecule has 1 unspecified atom stereocenters. The number of amides is 2. The van der Waals surface area contributed by atoms with Crippen LogP contribution in [0.5, 0.6) is 0 Å². The standard InChI is InChI=1S/C27H21Cl2N3O3/c28-21-11-9-19(10-12-21)26(33)32-14-13-31(17-23(32)20-7-4-8-22(29)15-20)27(34)24-16-30-25(35-24)18-5-2-1-3-6-18/h1-12,15-16,23H,13-14,17H2. The summed E-state index contributed by atoms with van der Waals surface area (Å²) >= 11 is 12.3. The summed E-state index contributed by atoms with van der Waals surface area (Å²) in [7, 11) is 0. The van der Waals surface area contributed by atoms with Gasteiger partial charge in [0, 0.05) is 40.8 Å². The topological polar surface area (TPSA) is 66.7 Å². The van der Waals surface area contributed by atoms with Crippen molar-refractivity contribution in [2.24, 2.45) is 0 Å². The van der Waals surface area contributed by atoms with Crippen LogP contribution in [0.25, 0.3) is 11.5 Å². The normalized spacial score (nSPS) is 15.8. The van der Waals surface area contributed by atoms with Crippen LogP contribution in [0.1, 0.15) is 32.5 Å². The molecular formula is C27H21Cl2N3O3. The van der Waals surface area contributed by atoms with Gasteiger partial charge in [0.05, 0.1) is 12.2 Å². The van der Waals surface area contributed by atoms with Crippen molar-refractivity contribution in [1.82, 2.24) is 14.8 Å². The fourth-order valence-corrected chi connectivity index (χ4v) is 4.54. The van der Waals surface area contributed by atoms with Crippen molar-refractivity contribution in [3.8, 4) is 11.5 Å². The van der Waals surface area contributed by atoms with Gasteiger partial charge < -0.3 is 14.2 Å². The Morgan fingerprint density at radius 1 is 0.857 bits per heavy atom. The Morgan fingerprint density at radius 3 is 2.37 bits per heavy atom. The lowest BCUT2D eigenvalue weighted by atomic mass is 10.0. The molecule has 2 heterocycles. The number of carbonyl (C=O) groups excluding carboxylic acids is 2. The van der Waals surface area contributed by atoms with E-state index in [1.807, 2.05) is 48.5 Å². The van der Waals surface area contributed by atoms with Crippen molar-refractivity contribution in [1.29, 1.82) is 0 Å². The Balaban J connectivity index is 1.41. The van der Waals surface area contributed by atoms with E-state index in [0.717, 1.165) is 11.1 Å². The molecule has 1 saturated heterocycles. The number of benzene rings is 3. The average molecular weight is 506 g/mol. The van der Waals surface area contributed by atoms with Crippen LogP contribution in [0.3, 0.4) is 0 Å². The fourth-order valence-electron chi connectivity index (χ4n) is 4.21. The average Bonchev–Trinajstić information content (AvgIpc) is 3.39. The number of nitrogens with zero attached hydrogens (tertiary/aromatic N) is 3. The van der Waals surface area contributed by atoms with Gasteiger partial charge in [0.15, 0.2) is 0 Å². The van der Waals surface area contributed by atoms with Gasteiger partial charge in [-0.2, -0.15) is 0 Å². The van der Waals surface area contributed by atoms with Crippen molar-refractivity contribution < 1.29 is 14.0 Å². The van der Waals surface area contributed by atoms with Gasteiger partial charge >= 0.3 is 0 Å². The number of halogens is 2. The fraction of sp³-hybridized carbons (Fsp3) is 0.148. The third-order valence-electron chi connectivity index (χ3n) is 5.99. The lowest BCUT2D eigenvalue weighted by molar-refractivity contribution is 0.0369. The van der Waals surface area contributed by atoms with E-state index in [-0.39, 0.29) is 23.6 Å². The third-order valence-corrected chi connectivity index (χ3v) is 6.48. The zero-order valence-electron chi connectivity index (χ0n) is 18.6. The predicted molar refractivity (Wildman–Crippen MR) is 135 cm³/mol. The Morgan fingerprint density at radius 2 is 1.63 bits per heavy atom. The van der Waals surface area contributed by atoms with Crippen LogP contribution in [-0.2, 0) is 0 Å². The van der Waals surface area contributed by atoms with Gasteiger partial charge in [-0.15, -0.1) is 0 Å². The minimum atomic E-state index is -0.383. The number of hydrogen-bond acceptors (Lipinski definition) is 4. The van der Waals surface area contributed by atoms with E-state index in [2.05, 4.69) is 4.98 Å². The molecule has 0 radical (unpaired) electrons. The maximum atomic E-state index is 13.4. The zero-order chi connectivity index (χ0) is 24.4. The van der Waals surface area contributed by atoms with Crippen LogP contribution in [0.15, 0.2) is 89.5 Å². The molecule has 1 aliphatic rings.